The number of carbonyl (C=O) groups is 1. The number of halogens is 1. The van der Waals surface area contributed by atoms with Crippen molar-refractivity contribution in [3.63, 3.8) is 0 Å². The third-order valence-corrected chi connectivity index (χ3v) is 3.77. The summed E-state index contributed by atoms with van der Waals surface area (Å²) >= 11 is 6.38. The first-order valence-electron chi connectivity index (χ1n) is 8.03. The highest BCUT2D eigenvalue weighted by molar-refractivity contribution is 6.34. The van der Waals surface area contributed by atoms with Crippen molar-refractivity contribution in [3.8, 4) is 0 Å². The van der Waals surface area contributed by atoms with Crippen LogP contribution in [0.1, 0.15) is 39.7 Å². The Balaban J connectivity index is 3.30. The fourth-order valence-electron chi connectivity index (χ4n) is 2.46. The smallest absolute Gasteiger partial charge is 0.331 e. The molecule has 0 fully saturated rings. The molecule has 0 atom stereocenters. The van der Waals surface area contributed by atoms with Crippen LogP contribution in [-0.4, -0.2) is 30.0 Å². The predicted octanol–water partition coefficient (Wildman–Crippen LogP) is 4.09. The van der Waals surface area contributed by atoms with Gasteiger partial charge in [-0.3, -0.25) is 15.2 Å². The molecule has 2 amide bonds. The van der Waals surface area contributed by atoms with E-state index in [4.69, 9.17) is 22.7 Å². The summed E-state index contributed by atoms with van der Waals surface area (Å²) in [6.45, 7) is 8.93. The van der Waals surface area contributed by atoms with Crippen LogP contribution in [0.25, 0.3) is 0 Å². The van der Waals surface area contributed by atoms with Crippen molar-refractivity contribution in [3.05, 3.63) is 28.8 Å². The molecule has 1 rings (SSSR count). The van der Waals surface area contributed by atoms with Crippen molar-refractivity contribution in [1.82, 2.24) is 4.90 Å². The van der Waals surface area contributed by atoms with Crippen LogP contribution in [0.2, 0.25) is 5.02 Å². The van der Waals surface area contributed by atoms with Crippen LogP contribution in [0.4, 0.5) is 10.5 Å². The quantitative estimate of drug-likeness (QED) is 0.605. The van der Waals surface area contributed by atoms with Crippen LogP contribution in [0, 0.1) is 11.3 Å². The number of aryl methyl sites for hydroxylation is 1. The standard InChI is InChI=1S/C17H27ClN4O/c1-5-10-21(15-13(6-2)8-7-9-14(15)18)17(23)22(16(19)20)11-12(3)4/h7-9,12H,5-6,10-11H2,1-4H3,(H3,19,20). The van der Waals surface area contributed by atoms with Gasteiger partial charge in [-0.1, -0.05) is 51.4 Å². The van der Waals surface area contributed by atoms with E-state index in [1.54, 1.807) is 11.0 Å². The van der Waals surface area contributed by atoms with E-state index in [0.29, 0.717) is 18.1 Å². The number of carbonyl (C=O) groups excluding carboxylic acids is 1. The number of amides is 2. The zero-order chi connectivity index (χ0) is 17.6. The summed E-state index contributed by atoms with van der Waals surface area (Å²) in [5.41, 5.74) is 7.36. The number of hydrogen-bond donors (Lipinski definition) is 2. The fourth-order valence-corrected chi connectivity index (χ4v) is 2.76. The maximum atomic E-state index is 13.0. The number of guanidine groups is 1. The van der Waals surface area contributed by atoms with E-state index in [1.807, 2.05) is 39.8 Å². The average molecular weight is 339 g/mol. The molecule has 1 aromatic rings. The minimum atomic E-state index is -0.296. The van der Waals surface area contributed by atoms with Gasteiger partial charge in [0.2, 0.25) is 0 Å². The van der Waals surface area contributed by atoms with E-state index in [1.165, 1.54) is 4.90 Å². The third kappa shape index (κ3) is 4.86. The Bertz CT molecular complexity index is 560. The second kappa shape index (κ2) is 8.77. The van der Waals surface area contributed by atoms with E-state index in [-0.39, 0.29) is 17.9 Å². The summed E-state index contributed by atoms with van der Waals surface area (Å²) in [7, 11) is 0. The number of para-hydroxylation sites is 1. The van der Waals surface area contributed by atoms with Crippen LogP contribution in [-0.2, 0) is 6.42 Å². The van der Waals surface area contributed by atoms with E-state index >= 15 is 0 Å². The molecule has 1 aromatic carbocycles. The first kappa shape index (κ1) is 19.3. The second-order valence-corrected chi connectivity index (χ2v) is 6.33. The number of nitrogens with one attached hydrogen (secondary N) is 1. The van der Waals surface area contributed by atoms with Crippen LogP contribution in [0.5, 0.6) is 0 Å². The van der Waals surface area contributed by atoms with Gasteiger partial charge in [-0.2, -0.15) is 0 Å². The van der Waals surface area contributed by atoms with Gasteiger partial charge in [-0.15, -0.1) is 0 Å². The molecule has 0 saturated heterocycles. The molecule has 0 heterocycles. The molecular weight excluding hydrogens is 312 g/mol. The van der Waals surface area contributed by atoms with Crippen molar-refractivity contribution in [1.29, 1.82) is 5.41 Å². The number of nitrogens with zero attached hydrogens (tertiary/aromatic N) is 2. The Morgan fingerprint density at radius 1 is 1.35 bits per heavy atom. The van der Waals surface area contributed by atoms with Crippen LogP contribution in [0.15, 0.2) is 18.2 Å². The van der Waals surface area contributed by atoms with Gasteiger partial charge in [0.05, 0.1) is 10.7 Å². The summed E-state index contributed by atoms with van der Waals surface area (Å²) in [6, 6.07) is 5.34. The van der Waals surface area contributed by atoms with E-state index in [2.05, 4.69) is 0 Å². The number of rotatable bonds is 6. The Morgan fingerprint density at radius 2 is 2.00 bits per heavy atom. The lowest BCUT2D eigenvalue weighted by Crippen LogP contribution is -2.50. The lowest BCUT2D eigenvalue weighted by atomic mass is 10.1. The largest absolute Gasteiger partial charge is 0.370 e. The van der Waals surface area contributed by atoms with Gasteiger partial charge in [-0.05, 0) is 30.4 Å². The number of anilines is 1. The molecule has 0 aliphatic carbocycles. The number of urea groups is 1. The first-order valence-corrected chi connectivity index (χ1v) is 8.41. The molecular formula is C17H27ClN4O. The van der Waals surface area contributed by atoms with Gasteiger partial charge in [0.25, 0.3) is 0 Å². The highest BCUT2D eigenvalue weighted by Crippen LogP contribution is 2.31. The summed E-state index contributed by atoms with van der Waals surface area (Å²) in [5, 5.41) is 8.28. The van der Waals surface area contributed by atoms with Crippen molar-refractivity contribution in [2.75, 3.05) is 18.0 Å². The molecule has 6 heteroatoms. The van der Waals surface area contributed by atoms with E-state index < -0.39 is 0 Å². The Kier molecular flexibility index (Phi) is 7.36. The summed E-state index contributed by atoms with van der Waals surface area (Å²) in [6.07, 6.45) is 1.56. The maximum Gasteiger partial charge on any atom is 0.331 e. The van der Waals surface area contributed by atoms with Gasteiger partial charge < -0.3 is 5.73 Å². The van der Waals surface area contributed by atoms with Gasteiger partial charge in [0, 0.05) is 13.1 Å². The predicted molar refractivity (Wildman–Crippen MR) is 97.3 cm³/mol. The second-order valence-electron chi connectivity index (χ2n) is 5.93. The van der Waals surface area contributed by atoms with Gasteiger partial charge in [0.15, 0.2) is 5.96 Å². The van der Waals surface area contributed by atoms with E-state index in [9.17, 15) is 4.79 Å². The molecule has 0 spiro atoms. The van der Waals surface area contributed by atoms with Crippen molar-refractivity contribution < 1.29 is 4.79 Å². The molecule has 3 N–H and O–H groups in total. The molecule has 0 aliphatic rings. The number of nitrogens with two attached hydrogens (primary N) is 1. The number of benzene rings is 1. The molecule has 0 saturated carbocycles. The normalized spacial score (nSPS) is 10.7. The SMILES string of the molecule is CCCN(C(=O)N(CC(C)C)C(=N)N)c1c(Cl)cccc1CC. The van der Waals surface area contributed by atoms with Crippen molar-refractivity contribution in [2.45, 2.75) is 40.5 Å². The highest BCUT2D eigenvalue weighted by Gasteiger charge is 2.27. The molecule has 0 aromatic heterocycles. The minimum Gasteiger partial charge on any atom is -0.370 e. The minimum absolute atomic E-state index is 0.211. The fraction of sp³-hybridized carbons (Fsp3) is 0.529. The molecule has 23 heavy (non-hydrogen) atoms. The first-order chi connectivity index (χ1) is 10.8. The number of hydrogen-bond acceptors (Lipinski definition) is 2. The molecule has 0 bridgehead atoms. The Labute approximate surface area is 143 Å². The topological polar surface area (TPSA) is 73.4 Å². The monoisotopic (exact) mass is 338 g/mol. The van der Waals surface area contributed by atoms with Gasteiger partial charge in [0.1, 0.15) is 0 Å². The third-order valence-electron chi connectivity index (χ3n) is 3.47. The molecule has 0 radical (unpaired) electrons. The van der Waals surface area contributed by atoms with Crippen LogP contribution in [0.3, 0.4) is 0 Å². The van der Waals surface area contributed by atoms with Gasteiger partial charge >= 0.3 is 6.03 Å². The average Bonchev–Trinajstić information content (AvgIpc) is 2.49. The zero-order valence-electron chi connectivity index (χ0n) is 14.4. The lowest BCUT2D eigenvalue weighted by Gasteiger charge is -2.32. The maximum absolute atomic E-state index is 13.0. The molecule has 5 nitrogen and oxygen atoms in total. The van der Waals surface area contributed by atoms with Crippen LogP contribution < -0.4 is 10.6 Å². The Hall–Kier alpha value is -1.75. The van der Waals surface area contributed by atoms with Crippen LogP contribution >= 0.6 is 11.6 Å². The van der Waals surface area contributed by atoms with E-state index in [0.717, 1.165) is 24.1 Å². The molecule has 0 unspecified atom stereocenters. The summed E-state index contributed by atoms with van der Waals surface area (Å²) in [4.78, 5) is 16.0. The van der Waals surface area contributed by atoms with Gasteiger partial charge in [-0.25, -0.2) is 4.79 Å². The molecule has 128 valence electrons. The van der Waals surface area contributed by atoms with Crippen molar-refractivity contribution >= 4 is 29.3 Å². The Morgan fingerprint density at radius 3 is 2.48 bits per heavy atom. The highest BCUT2D eigenvalue weighted by atomic mass is 35.5. The molecule has 0 aliphatic heterocycles. The van der Waals surface area contributed by atoms with Crippen molar-refractivity contribution in [2.24, 2.45) is 11.7 Å². The lowest BCUT2D eigenvalue weighted by molar-refractivity contribution is 0.222. The summed E-state index contributed by atoms with van der Waals surface area (Å²) < 4.78 is 0. The zero-order valence-corrected chi connectivity index (χ0v) is 15.2. The summed E-state index contributed by atoms with van der Waals surface area (Å²) in [5.74, 6) is -0.0295.